The SMILES string of the molecule is COCC(C)(CC(=O)O)NC(=O)c1cccc2ccccc12. The number of carbonyl (C=O) groups is 2. The molecule has 0 radical (unpaired) electrons. The van der Waals surface area contributed by atoms with Crippen LogP contribution in [0, 0.1) is 0 Å². The lowest BCUT2D eigenvalue weighted by Crippen LogP contribution is -2.50. The monoisotopic (exact) mass is 301 g/mol. The van der Waals surface area contributed by atoms with Gasteiger partial charge in [-0.1, -0.05) is 36.4 Å². The van der Waals surface area contributed by atoms with Gasteiger partial charge in [0.1, 0.15) is 0 Å². The van der Waals surface area contributed by atoms with E-state index in [-0.39, 0.29) is 18.9 Å². The van der Waals surface area contributed by atoms with Gasteiger partial charge in [-0.3, -0.25) is 9.59 Å². The van der Waals surface area contributed by atoms with Crippen LogP contribution >= 0.6 is 0 Å². The topological polar surface area (TPSA) is 75.6 Å². The maximum atomic E-state index is 12.6. The number of ether oxygens (including phenoxy) is 1. The van der Waals surface area contributed by atoms with Gasteiger partial charge in [0.25, 0.3) is 5.91 Å². The van der Waals surface area contributed by atoms with Crippen molar-refractivity contribution in [3.63, 3.8) is 0 Å². The molecule has 0 saturated heterocycles. The first-order chi connectivity index (χ1) is 10.4. The van der Waals surface area contributed by atoms with Crippen LogP contribution < -0.4 is 5.32 Å². The summed E-state index contributed by atoms with van der Waals surface area (Å²) >= 11 is 0. The molecule has 1 atom stereocenters. The molecule has 0 spiro atoms. The number of benzene rings is 2. The highest BCUT2D eigenvalue weighted by atomic mass is 16.5. The number of carboxylic acid groups (broad SMARTS) is 1. The van der Waals surface area contributed by atoms with Crippen molar-refractivity contribution in [3.05, 3.63) is 48.0 Å². The highest BCUT2D eigenvalue weighted by Gasteiger charge is 2.30. The van der Waals surface area contributed by atoms with Crippen molar-refractivity contribution in [2.75, 3.05) is 13.7 Å². The average Bonchev–Trinajstić information content (AvgIpc) is 2.45. The van der Waals surface area contributed by atoms with Gasteiger partial charge < -0.3 is 15.2 Å². The molecule has 0 aliphatic carbocycles. The Balaban J connectivity index is 2.31. The number of carbonyl (C=O) groups excluding carboxylic acids is 1. The number of methoxy groups -OCH3 is 1. The lowest BCUT2D eigenvalue weighted by Gasteiger charge is -2.28. The Hall–Kier alpha value is -2.40. The number of rotatable bonds is 6. The number of nitrogens with one attached hydrogen (secondary N) is 1. The minimum Gasteiger partial charge on any atom is -0.481 e. The molecule has 2 aromatic carbocycles. The number of amides is 1. The molecule has 0 aromatic heterocycles. The zero-order chi connectivity index (χ0) is 16.2. The fraction of sp³-hybridized carbons (Fsp3) is 0.294. The third-order valence-electron chi connectivity index (χ3n) is 3.45. The van der Waals surface area contributed by atoms with Crippen molar-refractivity contribution < 1.29 is 19.4 Å². The van der Waals surface area contributed by atoms with Gasteiger partial charge in [0.15, 0.2) is 0 Å². The van der Waals surface area contributed by atoms with Gasteiger partial charge >= 0.3 is 5.97 Å². The molecular formula is C17H19NO4. The fourth-order valence-electron chi connectivity index (χ4n) is 2.55. The lowest BCUT2D eigenvalue weighted by atomic mass is 9.97. The van der Waals surface area contributed by atoms with Crippen LogP contribution in [0.4, 0.5) is 0 Å². The summed E-state index contributed by atoms with van der Waals surface area (Å²) in [4.78, 5) is 23.6. The van der Waals surface area contributed by atoms with E-state index in [4.69, 9.17) is 9.84 Å². The van der Waals surface area contributed by atoms with Gasteiger partial charge in [-0.25, -0.2) is 0 Å². The van der Waals surface area contributed by atoms with E-state index in [1.165, 1.54) is 7.11 Å². The molecule has 0 aliphatic rings. The van der Waals surface area contributed by atoms with E-state index in [0.717, 1.165) is 10.8 Å². The van der Waals surface area contributed by atoms with Crippen LogP contribution in [0.2, 0.25) is 0 Å². The fourth-order valence-corrected chi connectivity index (χ4v) is 2.55. The zero-order valence-corrected chi connectivity index (χ0v) is 12.6. The molecule has 2 N–H and O–H groups in total. The van der Waals surface area contributed by atoms with E-state index in [1.54, 1.807) is 13.0 Å². The zero-order valence-electron chi connectivity index (χ0n) is 12.6. The molecule has 1 unspecified atom stereocenters. The molecule has 0 aliphatic heterocycles. The summed E-state index contributed by atoms with van der Waals surface area (Å²) in [6.07, 6.45) is -0.211. The molecule has 2 aromatic rings. The second-order valence-corrected chi connectivity index (χ2v) is 5.55. The third kappa shape index (κ3) is 3.62. The molecular weight excluding hydrogens is 282 g/mol. The standard InChI is InChI=1S/C17H19NO4/c1-17(11-22-2,10-15(19)20)18-16(21)14-9-5-7-12-6-3-4-8-13(12)14/h3-9H,10-11H2,1-2H3,(H,18,21)(H,19,20). The van der Waals surface area contributed by atoms with Gasteiger partial charge in [0.05, 0.1) is 18.6 Å². The summed E-state index contributed by atoms with van der Waals surface area (Å²) in [7, 11) is 1.48. The van der Waals surface area contributed by atoms with Gasteiger partial charge in [0, 0.05) is 12.7 Å². The van der Waals surface area contributed by atoms with Crippen molar-refractivity contribution in [3.8, 4) is 0 Å². The summed E-state index contributed by atoms with van der Waals surface area (Å²) in [6, 6.07) is 13.0. The number of aliphatic carboxylic acids is 1. The molecule has 2 rings (SSSR count). The minimum atomic E-state index is -0.988. The number of carboxylic acids is 1. The van der Waals surface area contributed by atoms with Crippen LogP contribution in [0.25, 0.3) is 10.8 Å². The molecule has 5 nitrogen and oxygen atoms in total. The van der Waals surface area contributed by atoms with E-state index in [9.17, 15) is 9.59 Å². The lowest BCUT2D eigenvalue weighted by molar-refractivity contribution is -0.139. The van der Waals surface area contributed by atoms with Crippen LogP contribution in [0.3, 0.4) is 0 Å². The van der Waals surface area contributed by atoms with E-state index < -0.39 is 11.5 Å². The number of fused-ring (bicyclic) bond motifs is 1. The highest BCUT2D eigenvalue weighted by Crippen LogP contribution is 2.20. The average molecular weight is 301 g/mol. The molecule has 116 valence electrons. The van der Waals surface area contributed by atoms with Crippen molar-refractivity contribution >= 4 is 22.6 Å². The third-order valence-corrected chi connectivity index (χ3v) is 3.45. The largest absolute Gasteiger partial charge is 0.481 e. The Labute approximate surface area is 128 Å². The number of hydrogen-bond donors (Lipinski definition) is 2. The van der Waals surface area contributed by atoms with Gasteiger partial charge in [0.2, 0.25) is 0 Å². The highest BCUT2D eigenvalue weighted by molar-refractivity contribution is 6.07. The normalized spacial score (nSPS) is 13.5. The maximum Gasteiger partial charge on any atom is 0.305 e. The predicted molar refractivity (Wildman–Crippen MR) is 83.9 cm³/mol. The first-order valence-electron chi connectivity index (χ1n) is 6.96. The van der Waals surface area contributed by atoms with Crippen molar-refractivity contribution in [1.29, 1.82) is 0 Å². The van der Waals surface area contributed by atoms with Crippen LogP contribution in [0.15, 0.2) is 42.5 Å². The van der Waals surface area contributed by atoms with E-state index >= 15 is 0 Å². The van der Waals surface area contributed by atoms with Crippen molar-refractivity contribution in [2.24, 2.45) is 0 Å². The Morgan fingerprint density at radius 2 is 1.86 bits per heavy atom. The Morgan fingerprint density at radius 1 is 1.18 bits per heavy atom. The minimum absolute atomic E-state index is 0.121. The van der Waals surface area contributed by atoms with Crippen LogP contribution in [-0.2, 0) is 9.53 Å². The smallest absolute Gasteiger partial charge is 0.305 e. The first kappa shape index (κ1) is 16.0. The Morgan fingerprint density at radius 3 is 2.55 bits per heavy atom. The summed E-state index contributed by atoms with van der Waals surface area (Å²) in [5, 5.41) is 13.6. The second kappa shape index (κ2) is 6.58. The quantitative estimate of drug-likeness (QED) is 0.859. The van der Waals surface area contributed by atoms with Crippen molar-refractivity contribution in [2.45, 2.75) is 18.9 Å². The van der Waals surface area contributed by atoms with Crippen molar-refractivity contribution in [1.82, 2.24) is 5.32 Å². The summed E-state index contributed by atoms with van der Waals surface area (Å²) in [5.74, 6) is -1.30. The molecule has 0 bridgehead atoms. The summed E-state index contributed by atoms with van der Waals surface area (Å²) in [5.41, 5.74) is -0.444. The van der Waals surface area contributed by atoms with Gasteiger partial charge in [-0.15, -0.1) is 0 Å². The Kier molecular flexibility index (Phi) is 4.78. The molecule has 22 heavy (non-hydrogen) atoms. The molecule has 0 saturated carbocycles. The summed E-state index contributed by atoms with van der Waals surface area (Å²) < 4.78 is 5.05. The second-order valence-electron chi connectivity index (χ2n) is 5.55. The van der Waals surface area contributed by atoms with E-state index in [2.05, 4.69) is 5.32 Å². The van der Waals surface area contributed by atoms with Crippen LogP contribution in [0.5, 0.6) is 0 Å². The molecule has 5 heteroatoms. The maximum absolute atomic E-state index is 12.6. The van der Waals surface area contributed by atoms with E-state index in [0.29, 0.717) is 5.56 Å². The molecule has 1 amide bonds. The molecule has 0 heterocycles. The summed E-state index contributed by atoms with van der Waals surface area (Å²) in [6.45, 7) is 1.78. The number of hydrogen-bond acceptors (Lipinski definition) is 3. The van der Waals surface area contributed by atoms with Gasteiger partial charge in [-0.2, -0.15) is 0 Å². The van der Waals surface area contributed by atoms with Crippen LogP contribution in [-0.4, -0.2) is 36.2 Å². The molecule has 0 fully saturated rings. The Bertz CT molecular complexity index is 693. The van der Waals surface area contributed by atoms with Gasteiger partial charge in [-0.05, 0) is 23.8 Å². The first-order valence-corrected chi connectivity index (χ1v) is 6.96. The predicted octanol–water partition coefficient (Wildman–Crippen LogP) is 2.45. The van der Waals surface area contributed by atoms with E-state index in [1.807, 2.05) is 36.4 Å². The van der Waals surface area contributed by atoms with Crippen LogP contribution in [0.1, 0.15) is 23.7 Å².